The molecule has 90 valence electrons. The Morgan fingerprint density at radius 1 is 1.38 bits per heavy atom. The van der Waals surface area contributed by atoms with Crippen molar-refractivity contribution in [1.82, 2.24) is 0 Å². The normalized spacial score (nSPS) is 10.5. The van der Waals surface area contributed by atoms with E-state index in [-0.39, 0.29) is 6.61 Å². The van der Waals surface area contributed by atoms with Crippen molar-refractivity contribution < 1.29 is 5.11 Å². The largest absolute Gasteiger partial charge is 0.395 e. The maximum absolute atomic E-state index is 9.02. The molecule has 0 unspecified atom stereocenters. The highest BCUT2D eigenvalue weighted by molar-refractivity contribution is 9.10. The first-order valence-corrected chi connectivity index (χ1v) is 6.36. The summed E-state index contributed by atoms with van der Waals surface area (Å²) in [6.45, 7) is 4.47. The van der Waals surface area contributed by atoms with Gasteiger partial charge in [-0.05, 0) is 24.1 Å². The predicted octanol–water partition coefficient (Wildman–Crippen LogP) is 2.12. The second-order valence-electron chi connectivity index (χ2n) is 3.69. The first-order chi connectivity index (χ1) is 7.72. The van der Waals surface area contributed by atoms with Crippen molar-refractivity contribution in [3.05, 3.63) is 28.2 Å². The molecule has 0 aliphatic rings. The van der Waals surface area contributed by atoms with Gasteiger partial charge in [-0.2, -0.15) is 0 Å². The van der Waals surface area contributed by atoms with Crippen LogP contribution in [0.3, 0.4) is 0 Å². The topological polar surface area (TPSA) is 49.5 Å². The number of rotatable bonds is 6. The molecular weight excluding hydrogens is 268 g/mol. The van der Waals surface area contributed by atoms with Crippen LogP contribution < -0.4 is 10.6 Å². The molecule has 0 amide bonds. The smallest absolute Gasteiger partial charge is 0.0606 e. The van der Waals surface area contributed by atoms with Crippen LogP contribution in [-0.2, 0) is 6.54 Å². The molecule has 4 heteroatoms. The molecular formula is C12H19BrN2O. The molecule has 0 bridgehead atoms. The molecule has 0 aliphatic heterocycles. The van der Waals surface area contributed by atoms with Crippen LogP contribution in [0, 0.1) is 0 Å². The van der Waals surface area contributed by atoms with Gasteiger partial charge >= 0.3 is 0 Å². The zero-order chi connectivity index (χ0) is 12.0. The lowest BCUT2D eigenvalue weighted by atomic mass is 10.2. The molecule has 3 nitrogen and oxygen atoms in total. The van der Waals surface area contributed by atoms with Crippen LogP contribution in [0.5, 0.6) is 0 Å². The molecule has 0 fully saturated rings. The second-order valence-corrected chi connectivity index (χ2v) is 4.54. The molecule has 0 aliphatic carbocycles. The molecule has 0 heterocycles. The lowest BCUT2D eigenvalue weighted by Gasteiger charge is -2.24. The van der Waals surface area contributed by atoms with Crippen molar-refractivity contribution in [2.75, 3.05) is 24.6 Å². The van der Waals surface area contributed by atoms with Gasteiger partial charge in [0.05, 0.1) is 6.61 Å². The number of hydrogen-bond acceptors (Lipinski definition) is 3. The van der Waals surface area contributed by atoms with Crippen molar-refractivity contribution in [3.8, 4) is 0 Å². The van der Waals surface area contributed by atoms with E-state index in [4.69, 9.17) is 10.8 Å². The molecule has 0 saturated heterocycles. The highest BCUT2D eigenvalue weighted by atomic mass is 79.9. The third-order valence-corrected chi connectivity index (χ3v) is 3.22. The van der Waals surface area contributed by atoms with Crippen LogP contribution in [0.4, 0.5) is 5.69 Å². The molecule has 0 saturated carbocycles. The van der Waals surface area contributed by atoms with Crippen LogP contribution in [0.2, 0.25) is 0 Å². The Morgan fingerprint density at radius 3 is 2.62 bits per heavy atom. The maximum Gasteiger partial charge on any atom is 0.0606 e. The molecule has 3 N–H and O–H groups in total. The molecule has 1 rings (SSSR count). The van der Waals surface area contributed by atoms with Crippen molar-refractivity contribution in [3.63, 3.8) is 0 Å². The van der Waals surface area contributed by atoms with Gasteiger partial charge in [0.1, 0.15) is 0 Å². The molecule has 0 aromatic heterocycles. The first-order valence-electron chi connectivity index (χ1n) is 5.57. The van der Waals surface area contributed by atoms with E-state index in [0.29, 0.717) is 13.1 Å². The Labute approximate surface area is 105 Å². The molecule has 16 heavy (non-hydrogen) atoms. The van der Waals surface area contributed by atoms with Gasteiger partial charge in [-0.25, -0.2) is 0 Å². The highest BCUT2D eigenvalue weighted by Gasteiger charge is 2.06. The van der Waals surface area contributed by atoms with Gasteiger partial charge in [0.15, 0.2) is 0 Å². The summed E-state index contributed by atoms with van der Waals surface area (Å²) in [5, 5.41) is 9.02. The molecule has 1 aromatic rings. The van der Waals surface area contributed by atoms with Gasteiger partial charge in [0.2, 0.25) is 0 Å². The summed E-state index contributed by atoms with van der Waals surface area (Å²) in [7, 11) is 0. The van der Waals surface area contributed by atoms with Crippen LogP contribution >= 0.6 is 15.9 Å². The summed E-state index contributed by atoms with van der Waals surface area (Å²) in [6.07, 6.45) is 1.07. The Kier molecular flexibility index (Phi) is 5.80. The van der Waals surface area contributed by atoms with E-state index >= 15 is 0 Å². The standard InChI is InChI=1S/C12H19BrN2O/c1-2-5-15(6-7-16)11-4-3-10(9-14)12(13)8-11/h3-4,8,16H,2,5-7,9,14H2,1H3. The zero-order valence-electron chi connectivity index (χ0n) is 9.62. The Hall–Kier alpha value is -0.580. The molecule has 0 spiro atoms. The van der Waals surface area contributed by atoms with Crippen LogP contribution in [-0.4, -0.2) is 24.8 Å². The molecule has 0 atom stereocenters. The Balaban J connectivity index is 2.87. The van der Waals surface area contributed by atoms with Gasteiger partial charge in [0.25, 0.3) is 0 Å². The Morgan fingerprint density at radius 2 is 2.12 bits per heavy atom. The van der Waals surface area contributed by atoms with E-state index in [9.17, 15) is 0 Å². The maximum atomic E-state index is 9.02. The average Bonchev–Trinajstić information content (AvgIpc) is 2.28. The zero-order valence-corrected chi connectivity index (χ0v) is 11.2. The number of nitrogens with zero attached hydrogens (tertiary/aromatic N) is 1. The fraction of sp³-hybridized carbons (Fsp3) is 0.500. The van der Waals surface area contributed by atoms with Crippen LogP contribution in [0.15, 0.2) is 22.7 Å². The van der Waals surface area contributed by atoms with Gasteiger partial charge in [0, 0.05) is 29.8 Å². The van der Waals surface area contributed by atoms with Gasteiger partial charge in [-0.15, -0.1) is 0 Å². The van der Waals surface area contributed by atoms with E-state index in [1.807, 2.05) is 6.07 Å². The monoisotopic (exact) mass is 286 g/mol. The third kappa shape index (κ3) is 3.47. The van der Waals surface area contributed by atoms with Crippen LogP contribution in [0.1, 0.15) is 18.9 Å². The van der Waals surface area contributed by atoms with Crippen molar-refractivity contribution in [1.29, 1.82) is 0 Å². The van der Waals surface area contributed by atoms with E-state index in [2.05, 4.69) is 39.9 Å². The molecule has 1 aromatic carbocycles. The third-order valence-electron chi connectivity index (χ3n) is 2.49. The lowest BCUT2D eigenvalue weighted by Crippen LogP contribution is -2.27. The van der Waals surface area contributed by atoms with E-state index < -0.39 is 0 Å². The summed E-state index contributed by atoms with van der Waals surface area (Å²) >= 11 is 3.51. The minimum Gasteiger partial charge on any atom is -0.395 e. The quantitative estimate of drug-likeness (QED) is 0.842. The van der Waals surface area contributed by atoms with E-state index in [0.717, 1.165) is 28.7 Å². The fourth-order valence-electron chi connectivity index (χ4n) is 1.66. The number of nitrogens with two attached hydrogens (primary N) is 1. The van der Waals surface area contributed by atoms with Gasteiger partial charge in [-0.1, -0.05) is 28.9 Å². The number of anilines is 1. The minimum atomic E-state index is 0.177. The SMILES string of the molecule is CCCN(CCO)c1ccc(CN)c(Br)c1. The Bertz CT molecular complexity index is 325. The number of aliphatic hydroxyl groups is 1. The van der Waals surface area contributed by atoms with Gasteiger partial charge < -0.3 is 15.7 Å². The number of halogens is 1. The summed E-state index contributed by atoms with van der Waals surface area (Å²) < 4.78 is 1.03. The predicted molar refractivity (Wildman–Crippen MR) is 71.6 cm³/mol. The lowest BCUT2D eigenvalue weighted by molar-refractivity contribution is 0.302. The average molecular weight is 287 g/mol. The molecule has 0 radical (unpaired) electrons. The van der Waals surface area contributed by atoms with E-state index in [1.165, 1.54) is 0 Å². The van der Waals surface area contributed by atoms with Crippen LogP contribution in [0.25, 0.3) is 0 Å². The van der Waals surface area contributed by atoms with Crippen molar-refractivity contribution >= 4 is 21.6 Å². The summed E-state index contributed by atoms with van der Waals surface area (Å²) in [4.78, 5) is 2.17. The number of aliphatic hydroxyl groups excluding tert-OH is 1. The summed E-state index contributed by atoms with van der Waals surface area (Å²) in [6, 6.07) is 6.14. The fourth-order valence-corrected chi connectivity index (χ4v) is 2.19. The summed E-state index contributed by atoms with van der Waals surface area (Å²) in [5.74, 6) is 0. The van der Waals surface area contributed by atoms with E-state index in [1.54, 1.807) is 0 Å². The number of benzene rings is 1. The van der Waals surface area contributed by atoms with Crippen molar-refractivity contribution in [2.24, 2.45) is 5.73 Å². The minimum absolute atomic E-state index is 0.177. The summed E-state index contributed by atoms with van der Waals surface area (Å²) in [5.41, 5.74) is 7.84. The highest BCUT2D eigenvalue weighted by Crippen LogP contribution is 2.24. The van der Waals surface area contributed by atoms with Crippen molar-refractivity contribution in [2.45, 2.75) is 19.9 Å². The second kappa shape index (κ2) is 6.89. The number of hydrogen-bond donors (Lipinski definition) is 2. The van der Waals surface area contributed by atoms with Gasteiger partial charge in [-0.3, -0.25) is 0 Å². The first kappa shape index (κ1) is 13.5.